The standard InChI is InChI=1S/C12H11BrN2O2S/c1-7-14-10(6-18-7)11(12(16)17)15-9-4-2-3-8(13)5-9/h2-6,11,15H,1H3,(H,16,17). The second-order valence-electron chi connectivity index (χ2n) is 3.72. The van der Waals surface area contributed by atoms with Gasteiger partial charge in [0.05, 0.1) is 10.7 Å². The van der Waals surface area contributed by atoms with Gasteiger partial charge in [0.15, 0.2) is 6.04 Å². The van der Waals surface area contributed by atoms with Gasteiger partial charge < -0.3 is 10.4 Å². The van der Waals surface area contributed by atoms with Gasteiger partial charge in [-0.3, -0.25) is 0 Å². The molecule has 18 heavy (non-hydrogen) atoms. The number of benzene rings is 1. The van der Waals surface area contributed by atoms with Crippen molar-refractivity contribution in [1.82, 2.24) is 4.98 Å². The Morgan fingerprint density at radius 2 is 2.33 bits per heavy atom. The molecule has 2 N–H and O–H groups in total. The highest BCUT2D eigenvalue weighted by Crippen LogP contribution is 2.23. The van der Waals surface area contributed by atoms with Gasteiger partial charge in [-0.15, -0.1) is 11.3 Å². The fourth-order valence-electron chi connectivity index (χ4n) is 1.52. The minimum Gasteiger partial charge on any atom is -0.479 e. The van der Waals surface area contributed by atoms with Crippen LogP contribution >= 0.6 is 27.3 Å². The molecule has 1 unspecified atom stereocenters. The van der Waals surface area contributed by atoms with E-state index in [2.05, 4.69) is 26.2 Å². The van der Waals surface area contributed by atoms with Crippen molar-refractivity contribution in [2.45, 2.75) is 13.0 Å². The van der Waals surface area contributed by atoms with Gasteiger partial charge in [0.25, 0.3) is 0 Å². The van der Waals surface area contributed by atoms with Crippen LogP contribution in [-0.4, -0.2) is 16.1 Å². The van der Waals surface area contributed by atoms with Crippen LogP contribution in [0.4, 0.5) is 5.69 Å². The molecular formula is C12H11BrN2O2S. The average Bonchev–Trinajstić information content (AvgIpc) is 2.72. The molecule has 1 atom stereocenters. The summed E-state index contributed by atoms with van der Waals surface area (Å²) in [6, 6.07) is 6.55. The van der Waals surface area contributed by atoms with Gasteiger partial charge in [0.1, 0.15) is 0 Å². The molecule has 0 saturated carbocycles. The van der Waals surface area contributed by atoms with Gasteiger partial charge in [0, 0.05) is 15.5 Å². The highest BCUT2D eigenvalue weighted by atomic mass is 79.9. The maximum Gasteiger partial charge on any atom is 0.332 e. The predicted molar refractivity (Wildman–Crippen MR) is 75.0 cm³/mol. The molecule has 0 aliphatic carbocycles. The number of nitrogens with zero attached hydrogens (tertiary/aromatic N) is 1. The Bertz CT molecular complexity index is 571. The lowest BCUT2D eigenvalue weighted by atomic mass is 10.2. The Labute approximate surface area is 117 Å². The van der Waals surface area contributed by atoms with E-state index in [9.17, 15) is 9.90 Å². The highest BCUT2D eigenvalue weighted by Gasteiger charge is 2.22. The van der Waals surface area contributed by atoms with E-state index in [4.69, 9.17) is 0 Å². The number of halogens is 1. The fraction of sp³-hybridized carbons (Fsp3) is 0.167. The van der Waals surface area contributed by atoms with Crippen molar-refractivity contribution in [2.24, 2.45) is 0 Å². The van der Waals surface area contributed by atoms with E-state index in [1.807, 2.05) is 31.2 Å². The topological polar surface area (TPSA) is 62.2 Å². The minimum atomic E-state index is -0.944. The number of aliphatic carboxylic acids is 1. The maximum atomic E-state index is 11.3. The molecule has 0 saturated heterocycles. The minimum absolute atomic E-state index is 0.532. The molecule has 4 nitrogen and oxygen atoms in total. The Hall–Kier alpha value is -1.40. The summed E-state index contributed by atoms with van der Waals surface area (Å²) in [6.45, 7) is 1.85. The normalized spacial score (nSPS) is 12.1. The summed E-state index contributed by atoms with van der Waals surface area (Å²) in [5.41, 5.74) is 1.27. The first-order valence-electron chi connectivity index (χ1n) is 5.23. The molecule has 2 aromatic rings. The Morgan fingerprint density at radius 3 is 2.89 bits per heavy atom. The van der Waals surface area contributed by atoms with Gasteiger partial charge in [0.2, 0.25) is 0 Å². The van der Waals surface area contributed by atoms with E-state index < -0.39 is 12.0 Å². The molecule has 1 aromatic carbocycles. The average molecular weight is 327 g/mol. The maximum absolute atomic E-state index is 11.3. The van der Waals surface area contributed by atoms with Crippen molar-refractivity contribution < 1.29 is 9.90 Å². The molecular weight excluding hydrogens is 316 g/mol. The van der Waals surface area contributed by atoms with Crippen molar-refractivity contribution in [3.05, 3.63) is 44.8 Å². The SMILES string of the molecule is Cc1nc(C(Nc2cccc(Br)c2)C(=O)O)cs1. The van der Waals surface area contributed by atoms with Crippen molar-refractivity contribution >= 4 is 38.9 Å². The monoisotopic (exact) mass is 326 g/mol. The first-order valence-corrected chi connectivity index (χ1v) is 6.90. The van der Waals surface area contributed by atoms with E-state index in [1.54, 1.807) is 5.38 Å². The molecule has 0 aliphatic rings. The summed E-state index contributed by atoms with van der Waals surface area (Å²) in [4.78, 5) is 15.5. The van der Waals surface area contributed by atoms with Crippen LogP contribution < -0.4 is 5.32 Å². The van der Waals surface area contributed by atoms with Crippen LogP contribution in [0.1, 0.15) is 16.7 Å². The Morgan fingerprint density at radius 1 is 1.56 bits per heavy atom. The third-order valence-electron chi connectivity index (χ3n) is 2.32. The van der Waals surface area contributed by atoms with Crippen molar-refractivity contribution in [3.63, 3.8) is 0 Å². The number of hydrogen-bond donors (Lipinski definition) is 2. The first kappa shape index (κ1) is 13.0. The lowest BCUT2D eigenvalue weighted by Crippen LogP contribution is -2.20. The van der Waals surface area contributed by atoms with Crippen LogP contribution in [0.3, 0.4) is 0 Å². The molecule has 94 valence electrons. The fourth-order valence-corrected chi connectivity index (χ4v) is 2.56. The number of anilines is 1. The van der Waals surface area contributed by atoms with E-state index in [0.717, 1.165) is 15.2 Å². The molecule has 2 rings (SSSR count). The number of thiazole rings is 1. The molecule has 0 aliphatic heterocycles. The van der Waals surface area contributed by atoms with E-state index in [1.165, 1.54) is 11.3 Å². The summed E-state index contributed by atoms with van der Waals surface area (Å²) < 4.78 is 0.895. The largest absolute Gasteiger partial charge is 0.479 e. The number of hydrogen-bond acceptors (Lipinski definition) is 4. The van der Waals surface area contributed by atoms with Crippen LogP contribution in [0.5, 0.6) is 0 Å². The number of carboxylic acids is 1. The molecule has 0 spiro atoms. The molecule has 6 heteroatoms. The highest BCUT2D eigenvalue weighted by molar-refractivity contribution is 9.10. The zero-order chi connectivity index (χ0) is 13.1. The molecule has 1 heterocycles. The van der Waals surface area contributed by atoms with Crippen LogP contribution in [0.2, 0.25) is 0 Å². The van der Waals surface area contributed by atoms with Crippen LogP contribution in [0.15, 0.2) is 34.1 Å². The lowest BCUT2D eigenvalue weighted by molar-refractivity contribution is -0.138. The summed E-state index contributed by atoms with van der Waals surface area (Å²) in [6.07, 6.45) is 0. The molecule has 0 bridgehead atoms. The van der Waals surface area contributed by atoms with Gasteiger partial charge in [-0.05, 0) is 25.1 Å². The van der Waals surface area contributed by atoms with Crippen LogP contribution in [0.25, 0.3) is 0 Å². The second kappa shape index (κ2) is 5.49. The zero-order valence-corrected chi connectivity index (χ0v) is 12.0. The van der Waals surface area contributed by atoms with Crippen molar-refractivity contribution in [2.75, 3.05) is 5.32 Å². The van der Waals surface area contributed by atoms with E-state index in [-0.39, 0.29) is 0 Å². The van der Waals surface area contributed by atoms with Gasteiger partial charge in [-0.25, -0.2) is 9.78 Å². The third kappa shape index (κ3) is 3.08. The van der Waals surface area contributed by atoms with Gasteiger partial charge in [-0.2, -0.15) is 0 Å². The molecule has 1 aromatic heterocycles. The number of carboxylic acid groups (broad SMARTS) is 1. The third-order valence-corrected chi connectivity index (χ3v) is 3.60. The Kier molecular flexibility index (Phi) is 3.98. The number of carbonyl (C=O) groups is 1. The number of nitrogens with one attached hydrogen (secondary N) is 1. The number of aryl methyl sites for hydroxylation is 1. The molecule has 0 fully saturated rings. The summed E-state index contributed by atoms with van der Waals surface area (Å²) in [5.74, 6) is -0.944. The van der Waals surface area contributed by atoms with Crippen molar-refractivity contribution in [3.8, 4) is 0 Å². The van der Waals surface area contributed by atoms with Crippen LogP contribution in [-0.2, 0) is 4.79 Å². The van der Waals surface area contributed by atoms with Crippen molar-refractivity contribution in [1.29, 1.82) is 0 Å². The lowest BCUT2D eigenvalue weighted by Gasteiger charge is -2.13. The van der Waals surface area contributed by atoms with E-state index in [0.29, 0.717) is 5.69 Å². The predicted octanol–water partition coefficient (Wildman–Crippen LogP) is 3.45. The second-order valence-corrected chi connectivity index (χ2v) is 5.70. The number of rotatable bonds is 4. The smallest absolute Gasteiger partial charge is 0.332 e. The van der Waals surface area contributed by atoms with Crippen LogP contribution in [0, 0.1) is 6.92 Å². The quantitative estimate of drug-likeness (QED) is 0.903. The number of aromatic nitrogens is 1. The van der Waals surface area contributed by atoms with Gasteiger partial charge >= 0.3 is 5.97 Å². The first-order chi connectivity index (χ1) is 8.56. The van der Waals surface area contributed by atoms with Gasteiger partial charge in [-0.1, -0.05) is 22.0 Å². The summed E-state index contributed by atoms with van der Waals surface area (Å²) >= 11 is 4.79. The Balaban J connectivity index is 2.24. The summed E-state index contributed by atoms with van der Waals surface area (Å²) in [7, 11) is 0. The summed E-state index contributed by atoms with van der Waals surface area (Å²) in [5, 5.41) is 14.8. The van der Waals surface area contributed by atoms with E-state index >= 15 is 0 Å². The molecule has 0 radical (unpaired) electrons. The molecule has 0 amide bonds. The zero-order valence-electron chi connectivity index (χ0n) is 9.55.